The molecule has 1 atom stereocenters. The second-order valence-electron chi connectivity index (χ2n) is 6.41. The smallest absolute Gasteiger partial charge is 0.243 e. The molecule has 5 nitrogen and oxygen atoms in total. The topological polar surface area (TPSA) is 55.8 Å². The van der Waals surface area contributed by atoms with Crippen LogP contribution in [0, 0.1) is 0 Å². The summed E-state index contributed by atoms with van der Waals surface area (Å²) in [5, 5.41) is 0. The van der Waals surface area contributed by atoms with Gasteiger partial charge in [-0.05, 0) is 37.0 Å². The van der Waals surface area contributed by atoms with E-state index in [4.69, 9.17) is 9.47 Å². The Morgan fingerprint density at radius 1 is 1.00 bits per heavy atom. The predicted octanol–water partition coefficient (Wildman–Crippen LogP) is 2.85. The van der Waals surface area contributed by atoms with E-state index in [1.54, 1.807) is 22.5 Å². The molecule has 0 saturated carbocycles. The first-order valence-electron chi connectivity index (χ1n) is 8.60. The van der Waals surface area contributed by atoms with Crippen LogP contribution < -0.4 is 9.47 Å². The molecular weight excluding hydrogens is 338 g/mol. The maximum absolute atomic E-state index is 13.2. The lowest BCUT2D eigenvalue weighted by Crippen LogP contribution is -2.36. The van der Waals surface area contributed by atoms with Gasteiger partial charge in [0.1, 0.15) is 13.2 Å². The van der Waals surface area contributed by atoms with Crippen molar-refractivity contribution in [3.05, 3.63) is 54.1 Å². The molecule has 0 bridgehead atoms. The third-order valence-electron chi connectivity index (χ3n) is 4.76. The molecule has 0 N–H and O–H groups in total. The zero-order valence-corrected chi connectivity index (χ0v) is 14.7. The van der Waals surface area contributed by atoms with Gasteiger partial charge in [0.05, 0.1) is 4.90 Å². The van der Waals surface area contributed by atoms with E-state index in [0.29, 0.717) is 31.3 Å². The van der Waals surface area contributed by atoms with Crippen LogP contribution in [0.3, 0.4) is 0 Å². The maximum atomic E-state index is 13.2. The Balaban J connectivity index is 1.60. The van der Waals surface area contributed by atoms with Crippen molar-refractivity contribution in [3.63, 3.8) is 0 Å². The van der Waals surface area contributed by atoms with Crippen molar-refractivity contribution in [2.75, 3.05) is 19.8 Å². The molecule has 2 aromatic carbocycles. The molecule has 4 rings (SSSR count). The molecule has 2 heterocycles. The number of hydrogen-bond acceptors (Lipinski definition) is 4. The average Bonchev–Trinajstić information content (AvgIpc) is 3.11. The van der Waals surface area contributed by atoms with Crippen LogP contribution in [0.15, 0.2) is 53.4 Å². The van der Waals surface area contributed by atoms with Gasteiger partial charge in [0.25, 0.3) is 0 Å². The summed E-state index contributed by atoms with van der Waals surface area (Å²) in [6.45, 7) is 1.50. The first-order valence-corrected chi connectivity index (χ1v) is 10.0. The first kappa shape index (κ1) is 16.4. The van der Waals surface area contributed by atoms with Crippen molar-refractivity contribution < 1.29 is 17.9 Å². The van der Waals surface area contributed by atoms with E-state index in [1.165, 1.54) is 0 Å². The van der Waals surface area contributed by atoms with Crippen molar-refractivity contribution in [3.8, 4) is 11.5 Å². The summed E-state index contributed by atoms with van der Waals surface area (Å²) in [4.78, 5) is 0.275. The van der Waals surface area contributed by atoms with Crippen molar-refractivity contribution >= 4 is 10.0 Å². The van der Waals surface area contributed by atoms with Crippen molar-refractivity contribution in [2.24, 2.45) is 0 Å². The van der Waals surface area contributed by atoms with Gasteiger partial charge >= 0.3 is 0 Å². The number of rotatable bonds is 4. The van der Waals surface area contributed by atoms with Crippen LogP contribution in [0.25, 0.3) is 0 Å². The van der Waals surface area contributed by atoms with E-state index < -0.39 is 10.0 Å². The molecule has 1 unspecified atom stereocenters. The Hall–Kier alpha value is -2.05. The maximum Gasteiger partial charge on any atom is 0.243 e. The minimum atomic E-state index is -3.54. The molecule has 0 radical (unpaired) electrons. The van der Waals surface area contributed by atoms with Gasteiger partial charge in [0.15, 0.2) is 11.5 Å². The Labute approximate surface area is 148 Å². The Morgan fingerprint density at radius 2 is 1.76 bits per heavy atom. The lowest BCUT2D eigenvalue weighted by Gasteiger charge is -2.25. The summed E-state index contributed by atoms with van der Waals surface area (Å²) in [7, 11) is -3.54. The molecule has 2 aliphatic rings. The van der Waals surface area contributed by atoms with Gasteiger partial charge < -0.3 is 9.47 Å². The Kier molecular flexibility index (Phi) is 4.39. The van der Waals surface area contributed by atoms with E-state index >= 15 is 0 Å². The summed E-state index contributed by atoms with van der Waals surface area (Å²) >= 11 is 0. The zero-order valence-electron chi connectivity index (χ0n) is 13.9. The van der Waals surface area contributed by atoms with Gasteiger partial charge in [-0.15, -0.1) is 0 Å². The van der Waals surface area contributed by atoms with Crippen LogP contribution in [0.2, 0.25) is 0 Å². The van der Waals surface area contributed by atoms with Crippen molar-refractivity contribution in [1.29, 1.82) is 0 Å². The zero-order chi connectivity index (χ0) is 17.3. The molecule has 2 aliphatic heterocycles. The number of nitrogens with zero attached hydrogens (tertiary/aromatic N) is 1. The number of hydrogen-bond donors (Lipinski definition) is 0. The van der Waals surface area contributed by atoms with Crippen LogP contribution in [0.4, 0.5) is 0 Å². The quantitative estimate of drug-likeness (QED) is 0.842. The van der Waals surface area contributed by atoms with Crippen LogP contribution >= 0.6 is 0 Å². The van der Waals surface area contributed by atoms with Gasteiger partial charge in [0, 0.05) is 18.7 Å². The molecule has 2 aromatic rings. The highest BCUT2D eigenvalue weighted by molar-refractivity contribution is 7.89. The molecule has 132 valence electrons. The van der Waals surface area contributed by atoms with Gasteiger partial charge in [-0.1, -0.05) is 30.3 Å². The minimum absolute atomic E-state index is 0.000556. The van der Waals surface area contributed by atoms with Crippen molar-refractivity contribution in [1.82, 2.24) is 4.31 Å². The van der Waals surface area contributed by atoms with Gasteiger partial charge in [-0.25, -0.2) is 8.42 Å². The fraction of sp³-hybridized carbons (Fsp3) is 0.368. The van der Waals surface area contributed by atoms with Crippen molar-refractivity contribution in [2.45, 2.75) is 30.2 Å². The van der Waals surface area contributed by atoms with E-state index in [9.17, 15) is 8.42 Å². The highest BCUT2D eigenvalue weighted by Crippen LogP contribution is 2.35. The summed E-state index contributed by atoms with van der Waals surface area (Å²) in [6.07, 6.45) is 2.52. The lowest BCUT2D eigenvalue weighted by atomic mass is 10.1. The van der Waals surface area contributed by atoms with Crippen LogP contribution in [0.1, 0.15) is 18.4 Å². The fourth-order valence-corrected chi connectivity index (χ4v) is 5.24. The molecular formula is C19H21NO4S. The molecule has 0 amide bonds. The normalized spacial score (nSPS) is 20.6. The Bertz CT molecular complexity index is 851. The molecule has 0 spiro atoms. The molecule has 1 fully saturated rings. The second kappa shape index (κ2) is 6.69. The van der Waals surface area contributed by atoms with Crippen LogP contribution in [0.5, 0.6) is 11.5 Å². The van der Waals surface area contributed by atoms with Gasteiger partial charge in [0.2, 0.25) is 10.0 Å². The van der Waals surface area contributed by atoms with E-state index in [0.717, 1.165) is 24.8 Å². The fourth-order valence-electron chi connectivity index (χ4n) is 3.54. The molecule has 0 aliphatic carbocycles. The molecule has 1 saturated heterocycles. The van der Waals surface area contributed by atoms with Crippen LogP contribution in [-0.2, 0) is 16.4 Å². The molecule has 0 aromatic heterocycles. The largest absolute Gasteiger partial charge is 0.486 e. The second-order valence-corrected chi connectivity index (χ2v) is 8.30. The first-order chi connectivity index (χ1) is 12.1. The third-order valence-corrected chi connectivity index (χ3v) is 6.71. The Morgan fingerprint density at radius 3 is 2.56 bits per heavy atom. The summed E-state index contributed by atoms with van der Waals surface area (Å²) < 4.78 is 39.0. The van der Waals surface area contributed by atoms with Crippen LogP contribution in [-0.4, -0.2) is 38.5 Å². The summed E-state index contributed by atoms with van der Waals surface area (Å²) in [6, 6.07) is 14.9. The summed E-state index contributed by atoms with van der Waals surface area (Å²) in [5.74, 6) is 1.11. The number of fused-ring (bicyclic) bond motifs is 1. The lowest BCUT2D eigenvalue weighted by molar-refractivity contribution is 0.171. The van der Waals surface area contributed by atoms with Gasteiger partial charge in [-0.3, -0.25) is 0 Å². The average molecular weight is 359 g/mol. The standard InChI is InChI=1S/C19H21NO4S/c21-25(22,17-8-9-18-19(14-17)24-12-11-23-18)20-10-4-7-16(20)13-15-5-2-1-3-6-15/h1-3,5-6,8-9,14,16H,4,7,10-13H2. The number of ether oxygens (including phenoxy) is 2. The molecule has 25 heavy (non-hydrogen) atoms. The minimum Gasteiger partial charge on any atom is -0.486 e. The SMILES string of the molecule is O=S(=O)(c1ccc2c(c1)OCCO2)N1CCCC1Cc1ccccc1. The van der Waals surface area contributed by atoms with Gasteiger partial charge in [-0.2, -0.15) is 4.31 Å². The monoisotopic (exact) mass is 359 g/mol. The third kappa shape index (κ3) is 3.24. The number of benzene rings is 2. The van der Waals surface area contributed by atoms with E-state index in [-0.39, 0.29) is 10.9 Å². The van der Waals surface area contributed by atoms with E-state index in [1.807, 2.05) is 30.3 Å². The summed E-state index contributed by atoms with van der Waals surface area (Å²) in [5.41, 5.74) is 1.16. The number of sulfonamides is 1. The van der Waals surface area contributed by atoms with E-state index in [2.05, 4.69) is 0 Å². The highest BCUT2D eigenvalue weighted by Gasteiger charge is 2.35. The highest BCUT2D eigenvalue weighted by atomic mass is 32.2. The predicted molar refractivity (Wildman–Crippen MR) is 94.5 cm³/mol. The molecule has 6 heteroatoms.